The molecule has 0 aliphatic heterocycles. The number of aromatic nitrogens is 5. The Bertz CT molecular complexity index is 1010. The monoisotopic (exact) mass is 410 g/mol. The zero-order valence-electron chi connectivity index (χ0n) is 14.7. The maximum Gasteiger partial charge on any atom is 0.387 e. The van der Waals surface area contributed by atoms with E-state index in [1.165, 1.54) is 16.9 Å². The average Bonchev–Trinajstić information content (AvgIpc) is 3.38. The molecule has 0 spiro atoms. The number of hydrogen-bond donors (Lipinski definition) is 1. The van der Waals surface area contributed by atoms with Crippen molar-refractivity contribution in [3.63, 3.8) is 0 Å². The summed E-state index contributed by atoms with van der Waals surface area (Å²) < 4.78 is 62.7. The van der Waals surface area contributed by atoms with Gasteiger partial charge in [-0.2, -0.15) is 13.8 Å². The molecule has 1 saturated carbocycles. The molecule has 29 heavy (non-hydrogen) atoms. The van der Waals surface area contributed by atoms with Crippen LogP contribution in [0.3, 0.4) is 0 Å². The molecule has 0 saturated heterocycles. The molecule has 3 aromatic rings. The largest absolute Gasteiger partial charge is 0.457 e. The SMILES string of the molecule is Fc1ccc(-n2cc(COc3ncc(F)c(NC4CC4)n3)nn2)cc1OC(F)F. The summed E-state index contributed by atoms with van der Waals surface area (Å²) in [7, 11) is 0. The number of nitrogens with zero attached hydrogens (tertiary/aromatic N) is 5. The molecule has 2 aromatic heterocycles. The normalized spacial score (nSPS) is 13.6. The standard InChI is InChI=1S/C17H14F4N6O2/c18-12-4-3-11(5-14(12)29-16(20)21)27-7-10(25-26-27)8-28-17-22-6-13(19)15(24-17)23-9-1-2-9/h3-7,9,16H,1-2,8H2,(H,22,23,24). The molecule has 1 N–H and O–H groups in total. The second kappa shape index (κ2) is 7.89. The van der Waals surface area contributed by atoms with Crippen molar-refractivity contribution in [2.45, 2.75) is 32.1 Å². The Labute approximate surface area is 161 Å². The fourth-order valence-corrected chi connectivity index (χ4v) is 2.39. The summed E-state index contributed by atoms with van der Waals surface area (Å²) in [5.41, 5.74) is 0.616. The number of rotatable bonds is 8. The molecule has 0 radical (unpaired) electrons. The van der Waals surface area contributed by atoms with Crippen LogP contribution < -0.4 is 14.8 Å². The third-order valence-corrected chi connectivity index (χ3v) is 3.93. The van der Waals surface area contributed by atoms with Crippen molar-refractivity contribution in [2.24, 2.45) is 0 Å². The van der Waals surface area contributed by atoms with Crippen LogP contribution in [-0.4, -0.2) is 37.6 Å². The quantitative estimate of drug-likeness (QED) is 0.571. The molecule has 12 heteroatoms. The topological polar surface area (TPSA) is 87.0 Å². The molecule has 1 aliphatic rings. The first-order chi connectivity index (χ1) is 14.0. The molecule has 0 unspecified atom stereocenters. The fraction of sp³-hybridized carbons (Fsp3) is 0.294. The Hall–Kier alpha value is -3.44. The van der Waals surface area contributed by atoms with Crippen molar-refractivity contribution in [1.82, 2.24) is 25.0 Å². The van der Waals surface area contributed by atoms with E-state index in [0.29, 0.717) is 5.69 Å². The van der Waals surface area contributed by atoms with Gasteiger partial charge in [-0.25, -0.2) is 18.4 Å². The lowest BCUT2D eigenvalue weighted by Gasteiger charge is -2.08. The molecule has 8 nitrogen and oxygen atoms in total. The van der Waals surface area contributed by atoms with Gasteiger partial charge in [0.15, 0.2) is 23.2 Å². The van der Waals surface area contributed by atoms with Gasteiger partial charge < -0.3 is 14.8 Å². The van der Waals surface area contributed by atoms with Crippen LogP contribution in [0.2, 0.25) is 0 Å². The fourth-order valence-electron chi connectivity index (χ4n) is 2.39. The zero-order chi connectivity index (χ0) is 20.4. The zero-order valence-corrected chi connectivity index (χ0v) is 14.7. The number of anilines is 1. The highest BCUT2D eigenvalue weighted by atomic mass is 19.3. The van der Waals surface area contributed by atoms with E-state index in [1.54, 1.807) is 0 Å². The van der Waals surface area contributed by atoms with E-state index in [1.807, 2.05) is 0 Å². The van der Waals surface area contributed by atoms with E-state index in [4.69, 9.17) is 4.74 Å². The second-order valence-corrected chi connectivity index (χ2v) is 6.20. The first-order valence-corrected chi connectivity index (χ1v) is 8.56. The van der Waals surface area contributed by atoms with Crippen LogP contribution in [0, 0.1) is 11.6 Å². The number of alkyl halides is 2. The van der Waals surface area contributed by atoms with Crippen molar-refractivity contribution in [2.75, 3.05) is 5.32 Å². The molecular formula is C17H14F4N6O2. The first-order valence-electron chi connectivity index (χ1n) is 8.56. The molecule has 0 atom stereocenters. The van der Waals surface area contributed by atoms with Crippen LogP contribution in [0.25, 0.3) is 5.69 Å². The predicted molar refractivity (Wildman–Crippen MR) is 90.9 cm³/mol. The van der Waals surface area contributed by atoms with E-state index in [9.17, 15) is 17.6 Å². The Morgan fingerprint density at radius 2 is 2.03 bits per heavy atom. The molecule has 152 valence electrons. The highest BCUT2D eigenvalue weighted by Crippen LogP contribution is 2.26. The molecule has 2 heterocycles. The van der Waals surface area contributed by atoms with E-state index < -0.39 is 24.0 Å². The van der Waals surface area contributed by atoms with Gasteiger partial charge in [0, 0.05) is 12.1 Å². The van der Waals surface area contributed by atoms with Crippen LogP contribution in [0.15, 0.2) is 30.6 Å². The summed E-state index contributed by atoms with van der Waals surface area (Å²) in [4.78, 5) is 7.74. The minimum Gasteiger partial charge on any atom is -0.457 e. The van der Waals surface area contributed by atoms with Gasteiger partial charge in [0.05, 0.1) is 18.1 Å². The van der Waals surface area contributed by atoms with Gasteiger partial charge in [0.1, 0.15) is 12.3 Å². The van der Waals surface area contributed by atoms with Crippen molar-refractivity contribution in [3.05, 3.63) is 47.9 Å². The molecule has 1 aromatic carbocycles. The number of hydrogen-bond acceptors (Lipinski definition) is 7. The third kappa shape index (κ3) is 4.70. The van der Waals surface area contributed by atoms with Gasteiger partial charge in [-0.1, -0.05) is 5.21 Å². The van der Waals surface area contributed by atoms with Crippen LogP contribution in [0.4, 0.5) is 23.4 Å². The first kappa shape index (κ1) is 18.9. The maximum absolute atomic E-state index is 13.7. The Morgan fingerprint density at radius 3 is 2.79 bits per heavy atom. The van der Waals surface area contributed by atoms with Crippen LogP contribution >= 0.6 is 0 Å². The molecular weight excluding hydrogens is 396 g/mol. The summed E-state index contributed by atoms with van der Waals surface area (Å²) in [5, 5.41) is 10.7. The molecule has 0 amide bonds. The minimum atomic E-state index is -3.16. The van der Waals surface area contributed by atoms with Crippen molar-refractivity contribution in [1.29, 1.82) is 0 Å². The summed E-state index contributed by atoms with van der Waals surface area (Å²) in [6.07, 6.45) is 4.37. The number of halogens is 4. The van der Waals surface area contributed by atoms with Gasteiger partial charge in [0.2, 0.25) is 0 Å². The summed E-state index contributed by atoms with van der Waals surface area (Å²) in [5.74, 6) is -2.05. The Morgan fingerprint density at radius 1 is 1.21 bits per heavy atom. The highest BCUT2D eigenvalue weighted by molar-refractivity contribution is 5.40. The Balaban J connectivity index is 1.43. The number of nitrogens with one attached hydrogen (secondary N) is 1. The average molecular weight is 410 g/mol. The number of benzene rings is 1. The summed E-state index contributed by atoms with van der Waals surface area (Å²) in [6.45, 7) is -3.23. The van der Waals surface area contributed by atoms with Gasteiger partial charge >= 0.3 is 12.6 Å². The van der Waals surface area contributed by atoms with Gasteiger partial charge in [-0.15, -0.1) is 5.10 Å². The van der Waals surface area contributed by atoms with Crippen molar-refractivity contribution in [3.8, 4) is 17.4 Å². The molecule has 1 fully saturated rings. The molecule has 4 rings (SSSR count). The summed E-state index contributed by atoms with van der Waals surface area (Å²) in [6, 6.07) is 3.54. The lowest BCUT2D eigenvalue weighted by molar-refractivity contribution is -0.0521. The highest BCUT2D eigenvalue weighted by Gasteiger charge is 2.23. The Kier molecular flexibility index (Phi) is 5.14. The van der Waals surface area contributed by atoms with Crippen molar-refractivity contribution >= 4 is 5.82 Å². The van der Waals surface area contributed by atoms with Gasteiger partial charge in [-0.3, -0.25) is 0 Å². The van der Waals surface area contributed by atoms with Gasteiger partial charge in [-0.05, 0) is 25.0 Å². The summed E-state index contributed by atoms with van der Waals surface area (Å²) >= 11 is 0. The van der Waals surface area contributed by atoms with Crippen LogP contribution in [0.1, 0.15) is 18.5 Å². The molecule has 1 aliphatic carbocycles. The van der Waals surface area contributed by atoms with E-state index in [-0.39, 0.29) is 30.2 Å². The molecule has 0 bridgehead atoms. The van der Waals surface area contributed by atoms with Crippen molar-refractivity contribution < 1.29 is 27.0 Å². The minimum absolute atomic E-state index is 0.0431. The van der Waals surface area contributed by atoms with Crippen LogP contribution in [-0.2, 0) is 6.61 Å². The van der Waals surface area contributed by atoms with Crippen LogP contribution in [0.5, 0.6) is 11.8 Å². The predicted octanol–water partition coefficient (Wildman–Crippen LogP) is 3.09. The smallest absolute Gasteiger partial charge is 0.387 e. The maximum atomic E-state index is 13.7. The van der Waals surface area contributed by atoms with E-state index in [0.717, 1.165) is 31.2 Å². The van der Waals surface area contributed by atoms with E-state index in [2.05, 4.69) is 30.3 Å². The third-order valence-electron chi connectivity index (χ3n) is 3.93. The number of ether oxygens (including phenoxy) is 2. The van der Waals surface area contributed by atoms with Gasteiger partial charge in [0.25, 0.3) is 0 Å². The van der Waals surface area contributed by atoms with E-state index >= 15 is 0 Å². The second-order valence-electron chi connectivity index (χ2n) is 6.20. The lowest BCUT2D eigenvalue weighted by Crippen LogP contribution is -2.08. The lowest BCUT2D eigenvalue weighted by atomic mass is 10.3.